The first-order valence-electron chi connectivity index (χ1n) is 10.6. The molecule has 0 unspecified atom stereocenters. The van der Waals surface area contributed by atoms with Gasteiger partial charge in [0, 0.05) is 38.2 Å². The SMILES string of the molecule is CNC(=O)c1ccc(CN(C(=O)CCCN2C(=O)c3ccccc3C2=O)C2CC2)cc1. The first-order chi connectivity index (χ1) is 15.0. The summed E-state index contributed by atoms with van der Waals surface area (Å²) in [5, 5.41) is 2.59. The molecule has 31 heavy (non-hydrogen) atoms. The van der Waals surface area contributed by atoms with Gasteiger partial charge in [0.1, 0.15) is 0 Å². The Bertz CT molecular complexity index is 992. The van der Waals surface area contributed by atoms with Crippen LogP contribution in [-0.4, -0.2) is 53.1 Å². The predicted molar refractivity (Wildman–Crippen MR) is 114 cm³/mol. The van der Waals surface area contributed by atoms with Crippen LogP contribution in [0.2, 0.25) is 0 Å². The highest BCUT2D eigenvalue weighted by Crippen LogP contribution is 2.29. The van der Waals surface area contributed by atoms with E-state index >= 15 is 0 Å². The molecule has 0 radical (unpaired) electrons. The molecule has 0 aromatic heterocycles. The lowest BCUT2D eigenvalue weighted by Gasteiger charge is -2.23. The van der Waals surface area contributed by atoms with Crippen LogP contribution in [0.15, 0.2) is 48.5 Å². The van der Waals surface area contributed by atoms with Crippen molar-refractivity contribution in [1.82, 2.24) is 15.1 Å². The topological polar surface area (TPSA) is 86.8 Å². The minimum Gasteiger partial charge on any atom is -0.355 e. The van der Waals surface area contributed by atoms with Gasteiger partial charge in [-0.3, -0.25) is 24.1 Å². The van der Waals surface area contributed by atoms with E-state index in [0.29, 0.717) is 29.7 Å². The third-order valence-electron chi connectivity index (χ3n) is 5.75. The molecule has 2 aliphatic rings. The quantitative estimate of drug-likeness (QED) is 0.667. The molecule has 4 rings (SSSR count). The van der Waals surface area contributed by atoms with Crippen molar-refractivity contribution in [2.45, 2.75) is 38.3 Å². The van der Waals surface area contributed by atoms with E-state index in [2.05, 4.69) is 5.32 Å². The van der Waals surface area contributed by atoms with E-state index in [1.165, 1.54) is 4.90 Å². The van der Waals surface area contributed by atoms with E-state index in [4.69, 9.17) is 0 Å². The average molecular weight is 419 g/mol. The fourth-order valence-corrected chi connectivity index (χ4v) is 3.88. The fraction of sp³-hybridized carbons (Fsp3) is 0.333. The second-order valence-corrected chi connectivity index (χ2v) is 7.94. The zero-order valence-corrected chi connectivity index (χ0v) is 17.5. The van der Waals surface area contributed by atoms with Crippen LogP contribution in [0.5, 0.6) is 0 Å². The molecule has 4 amide bonds. The van der Waals surface area contributed by atoms with E-state index in [0.717, 1.165) is 18.4 Å². The Morgan fingerprint density at radius 3 is 2.16 bits per heavy atom. The van der Waals surface area contributed by atoms with Crippen LogP contribution in [0.1, 0.15) is 62.3 Å². The van der Waals surface area contributed by atoms with Crippen LogP contribution in [0.3, 0.4) is 0 Å². The molecule has 160 valence electrons. The van der Waals surface area contributed by atoms with Gasteiger partial charge in [-0.25, -0.2) is 0 Å². The molecule has 1 saturated carbocycles. The highest BCUT2D eigenvalue weighted by molar-refractivity contribution is 6.21. The van der Waals surface area contributed by atoms with Crippen molar-refractivity contribution in [2.75, 3.05) is 13.6 Å². The summed E-state index contributed by atoms with van der Waals surface area (Å²) in [7, 11) is 1.59. The molecule has 1 heterocycles. The first-order valence-corrected chi connectivity index (χ1v) is 10.6. The van der Waals surface area contributed by atoms with Gasteiger partial charge in [-0.05, 0) is 49.1 Å². The van der Waals surface area contributed by atoms with E-state index in [1.807, 2.05) is 17.0 Å². The number of benzene rings is 2. The molecule has 7 heteroatoms. The minimum atomic E-state index is -0.289. The number of hydrogen-bond donors (Lipinski definition) is 1. The molecule has 2 aromatic rings. The summed E-state index contributed by atoms with van der Waals surface area (Å²) >= 11 is 0. The molecular formula is C24H25N3O4. The van der Waals surface area contributed by atoms with Gasteiger partial charge in [-0.1, -0.05) is 24.3 Å². The zero-order valence-electron chi connectivity index (χ0n) is 17.5. The number of nitrogens with zero attached hydrogens (tertiary/aromatic N) is 2. The van der Waals surface area contributed by atoms with Crippen LogP contribution in [0.4, 0.5) is 0 Å². The first kappa shape index (κ1) is 20.8. The molecular weight excluding hydrogens is 394 g/mol. The van der Waals surface area contributed by atoms with E-state index in [1.54, 1.807) is 43.4 Å². The molecule has 0 atom stereocenters. The summed E-state index contributed by atoms with van der Waals surface area (Å²) in [5.74, 6) is -0.698. The highest BCUT2D eigenvalue weighted by Gasteiger charge is 2.35. The standard InChI is InChI=1S/C24H25N3O4/c1-25-22(29)17-10-8-16(9-11-17)15-27(18-12-13-18)21(28)7-4-14-26-23(30)19-5-2-3-6-20(19)24(26)31/h2-3,5-6,8-11,18H,4,7,12-15H2,1H3,(H,25,29). The smallest absolute Gasteiger partial charge is 0.261 e. The molecule has 7 nitrogen and oxygen atoms in total. The van der Waals surface area contributed by atoms with Gasteiger partial charge < -0.3 is 10.2 Å². The summed E-state index contributed by atoms with van der Waals surface area (Å²) in [5.41, 5.74) is 2.40. The predicted octanol–water partition coefficient (Wildman–Crippen LogP) is 2.61. The van der Waals surface area contributed by atoms with Crippen LogP contribution < -0.4 is 5.32 Å². The highest BCUT2D eigenvalue weighted by atomic mass is 16.2. The monoisotopic (exact) mass is 419 g/mol. The average Bonchev–Trinajstić information content (AvgIpc) is 3.61. The Labute approximate surface area is 181 Å². The van der Waals surface area contributed by atoms with Crippen molar-refractivity contribution in [3.05, 3.63) is 70.8 Å². The third-order valence-corrected chi connectivity index (χ3v) is 5.75. The number of hydrogen-bond acceptors (Lipinski definition) is 4. The third kappa shape index (κ3) is 4.35. The maximum atomic E-state index is 12.9. The normalized spacial score (nSPS) is 15.1. The van der Waals surface area contributed by atoms with Gasteiger partial charge in [-0.2, -0.15) is 0 Å². The Morgan fingerprint density at radius 1 is 1.00 bits per heavy atom. The van der Waals surface area contributed by atoms with E-state index in [-0.39, 0.29) is 42.6 Å². The summed E-state index contributed by atoms with van der Waals surface area (Å²) in [6.07, 6.45) is 2.68. The van der Waals surface area contributed by atoms with Crippen molar-refractivity contribution in [3.8, 4) is 0 Å². The van der Waals surface area contributed by atoms with E-state index in [9.17, 15) is 19.2 Å². The lowest BCUT2D eigenvalue weighted by atomic mass is 10.1. The molecule has 0 bridgehead atoms. The fourth-order valence-electron chi connectivity index (χ4n) is 3.88. The van der Waals surface area contributed by atoms with Gasteiger partial charge in [0.2, 0.25) is 5.91 Å². The number of carbonyl (C=O) groups is 4. The van der Waals surface area contributed by atoms with Crippen LogP contribution in [0, 0.1) is 0 Å². The van der Waals surface area contributed by atoms with Crippen molar-refractivity contribution in [2.24, 2.45) is 0 Å². The van der Waals surface area contributed by atoms with Crippen molar-refractivity contribution in [3.63, 3.8) is 0 Å². The van der Waals surface area contributed by atoms with Gasteiger partial charge in [0.25, 0.3) is 17.7 Å². The maximum Gasteiger partial charge on any atom is 0.261 e. The Balaban J connectivity index is 1.33. The number of imide groups is 1. The number of nitrogens with one attached hydrogen (secondary N) is 1. The lowest BCUT2D eigenvalue weighted by molar-refractivity contribution is -0.132. The molecule has 1 aliphatic heterocycles. The van der Waals surface area contributed by atoms with Crippen LogP contribution in [0.25, 0.3) is 0 Å². The van der Waals surface area contributed by atoms with Gasteiger partial charge in [-0.15, -0.1) is 0 Å². The summed E-state index contributed by atoms with van der Waals surface area (Å²) in [4.78, 5) is 52.6. The van der Waals surface area contributed by atoms with Crippen LogP contribution in [-0.2, 0) is 11.3 Å². The van der Waals surface area contributed by atoms with E-state index < -0.39 is 0 Å². The largest absolute Gasteiger partial charge is 0.355 e. The van der Waals surface area contributed by atoms with Gasteiger partial charge in [0.15, 0.2) is 0 Å². The Hall–Kier alpha value is -3.48. The number of carbonyl (C=O) groups excluding carboxylic acids is 4. The second-order valence-electron chi connectivity index (χ2n) is 7.94. The zero-order chi connectivity index (χ0) is 22.0. The molecule has 1 aliphatic carbocycles. The summed E-state index contributed by atoms with van der Waals surface area (Å²) in [6, 6.07) is 14.3. The number of amides is 4. The Kier molecular flexibility index (Phi) is 5.84. The van der Waals surface area contributed by atoms with Crippen LogP contribution >= 0.6 is 0 Å². The molecule has 0 spiro atoms. The molecule has 2 aromatic carbocycles. The lowest BCUT2D eigenvalue weighted by Crippen LogP contribution is -2.34. The minimum absolute atomic E-state index is 0.0227. The Morgan fingerprint density at radius 2 is 1.61 bits per heavy atom. The maximum absolute atomic E-state index is 12.9. The second kappa shape index (κ2) is 8.71. The molecule has 0 saturated heterocycles. The van der Waals surface area contributed by atoms with Gasteiger partial charge in [0.05, 0.1) is 11.1 Å². The number of fused-ring (bicyclic) bond motifs is 1. The van der Waals surface area contributed by atoms with Crippen molar-refractivity contribution in [1.29, 1.82) is 0 Å². The number of rotatable bonds is 8. The van der Waals surface area contributed by atoms with Crippen molar-refractivity contribution >= 4 is 23.6 Å². The summed E-state index contributed by atoms with van der Waals surface area (Å²) in [6.45, 7) is 0.724. The van der Waals surface area contributed by atoms with Gasteiger partial charge >= 0.3 is 0 Å². The molecule has 1 fully saturated rings. The van der Waals surface area contributed by atoms with Crippen molar-refractivity contribution < 1.29 is 19.2 Å². The molecule has 1 N–H and O–H groups in total. The summed E-state index contributed by atoms with van der Waals surface area (Å²) < 4.78 is 0.